The van der Waals surface area contributed by atoms with E-state index in [0.29, 0.717) is 5.56 Å². The number of ether oxygens (including phenoxy) is 2. The third-order valence-corrected chi connectivity index (χ3v) is 5.67. The fourth-order valence-electron chi connectivity index (χ4n) is 3.89. The van der Waals surface area contributed by atoms with Crippen LogP contribution in [-0.4, -0.2) is 41.4 Å². The molecule has 1 amide bonds. The number of hydrogen-bond donors (Lipinski definition) is 1. The highest BCUT2D eigenvalue weighted by atomic mass is 16.6. The summed E-state index contributed by atoms with van der Waals surface area (Å²) in [5.41, 5.74) is 8.48. The lowest BCUT2D eigenvalue weighted by Crippen LogP contribution is -2.56. The van der Waals surface area contributed by atoms with Crippen LogP contribution in [0.2, 0.25) is 0 Å². The van der Waals surface area contributed by atoms with Gasteiger partial charge in [-0.25, -0.2) is 9.59 Å². The maximum Gasteiger partial charge on any atom is 0.411 e. The van der Waals surface area contributed by atoms with Crippen molar-refractivity contribution in [2.75, 3.05) is 6.61 Å². The Balaban J connectivity index is 2.01. The molecule has 1 heterocycles. The van der Waals surface area contributed by atoms with Crippen LogP contribution in [0, 0.1) is 5.92 Å². The third-order valence-electron chi connectivity index (χ3n) is 5.67. The zero-order valence-electron chi connectivity index (χ0n) is 18.7. The molecule has 1 aliphatic heterocycles. The molecular formula is C25H30N2O5. The molecule has 7 heteroatoms. The molecule has 0 saturated heterocycles. The normalized spacial score (nSPS) is 18.6. The summed E-state index contributed by atoms with van der Waals surface area (Å²) < 4.78 is 10.8. The number of nitrogens with two attached hydrogens (primary N) is 1. The van der Waals surface area contributed by atoms with Gasteiger partial charge in [0.05, 0.1) is 12.6 Å². The van der Waals surface area contributed by atoms with Crippen molar-refractivity contribution < 1.29 is 23.9 Å². The van der Waals surface area contributed by atoms with E-state index in [4.69, 9.17) is 15.2 Å². The predicted octanol–water partition coefficient (Wildman–Crippen LogP) is 3.41. The van der Waals surface area contributed by atoms with E-state index >= 15 is 0 Å². The average molecular weight is 439 g/mol. The molecule has 2 N–H and O–H groups in total. The molecule has 0 spiro atoms. The van der Waals surface area contributed by atoms with Gasteiger partial charge >= 0.3 is 12.1 Å². The molecule has 0 aromatic heterocycles. The number of carbonyl (C=O) groups is 3. The minimum atomic E-state index is -1.03. The van der Waals surface area contributed by atoms with Crippen LogP contribution in [0.5, 0.6) is 0 Å². The van der Waals surface area contributed by atoms with Gasteiger partial charge in [0.25, 0.3) is 0 Å². The summed E-state index contributed by atoms with van der Waals surface area (Å²) in [5, 5.41) is 0. The number of rotatable bonds is 7. The molecule has 0 aliphatic carbocycles. The number of fused-ring (bicyclic) bond motifs is 1. The molecule has 32 heavy (non-hydrogen) atoms. The Morgan fingerprint density at radius 2 is 1.69 bits per heavy atom. The smallest absolute Gasteiger partial charge is 0.411 e. The van der Waals surface area contributed by atoms with Gasteiger partial charge in [-0.1, -0.05) is 68.4 Å². The molecule has 3 rings (SSSR count). The Bertz CT molecular complexity index is 960. The monoisotopic (exact) mass is 438 g/mol. The van der Waals surface area contributed by atoms with Crippen LogP contribution < -0.4 is 5.73 Å². The van der Waals surface area contributed by atoms with Crippen molar-refractivity contribution >= 4 is 17.8 Å². The van der Waals surface area contributed by atoms with Crippen molar-refractivity contribution in [1.82, 2.24) is 4.90 Å². The van der Waals surface area contributed by atoms with E-state index in [1.165, 1.54) is 4.90 Å². The van der Waals surface area contributed by atoms with Crippen molar-refractivity contribution in [3.05, 3.63) is 71.3 Å². The van der Waals surface area contributed by atoms with E-state index in [0.717, 1.165) is 11.1 Å². The van der Waals surface area contributed by atoms with E-state index < -0.39 is 30.2 Å². The quantitative estimate of drug-likeness (QED) is 0.665. The molecule has 1 aliphatic rings. The molecule has 2 unspecified atom stereocenters. The lowest BCUT2D eigenvalue weighted by molar-refractivity contribution is -0.151. The molecule has 170 valence electrons. The van der Waals surface area contributed by atoms with E-state index in [1.807, 2.05) is 56.3 Å². The van der Waals surface area contributed by atoms with Gasteiger partial charge in [0, 0.05) is 6.42 Å². The van der Waals surface area contributed by atoms with Crippen LogP contribution in [0.15, 0.2) is 54.6 Å². The van der Waals surface area contributed by atoms with E-state index in [1.54, 1.807) is 19.1 Å². The molecule has 0 fully saturated rings. The molecule has 0 bridgehead atoms. The number of ketones is 1. The zero-order chi connectivity index (χ0) is 23.3. The van der Waals surface area contributed by atoms with Crippen LogP contribution >= 0.6 is 0 Å². The lowest BCUT2D eigenvalue weighted by atomic mass is 9.83. The van der Waals surface area contributed by atoms with Crippen molar-refractivity contribution in [1.29, 1.82) is 0 Å². The standard InChI is InChI=1S/C25H30N2O5/c1-4-31-24(29)20-14-18-12-8-9-13-19(18)22(23(28)21(26)16(2)3)27(20)25(30)32-15-17-10-6-5-7-11-17/h5-13,16,20-22H,4,14-15,26H2,1-3H3/t20?,21-,22?/m0/s1. The summed E-state index contributed by atoms with van der Waals surface area (Å²) in [6.07, 6.45) is -0.522. The molecule has 3 atom stereocenters. The van der Waals surface area contributed by atoms with Gasteiger partial charge in [-0.3, -0.25) is 9.69 Å². The highest BCUT2D eigenvalue weighted by molar-refractivity contribution is 5.95. The summed E-state index contributed by atoms with van der Waals surface area (Å²) in [6.45, 7) is 5.57. The highest BCUT2D eigenvalue weighted by Gasteiger charge is 2.47. The fourth-order valence-corrected chi connectivity index (χ4v) is 3.89. The largest absolute Gasteiger partial charge is 0.464 e. The minimum Gasteiger partial charge on any atom is -0.464 e. The van der Waals surface area contributed by atoms with E-state index in [-0.39, 0.29) is 31.3 Å². The van der Waals surface area contributed by atoms with Gasteiger partial charge in [-0.05, 0) is 29.5 Å². The predicted molar refractivity (Wildman–Crippen MR) is 120 cm³/mol. The van der Waals surface area contributed by atoms with Crippen molar-refractivity contribution in [2.45, 2.75) is 51.9 Å². The molecule has 0 saturated carbocycles. The number of esters is 1. The second-order valence-corrected chi connectivity index (χ2v) is 8.19. The van der Waals surface area contributed by atoms with Gasteiger partial charge in [-0.2, -0.15) is 0 Å². The van der Waals surface area contributed by atoms with Crippen LogP contribution in [-0.2, 0) is 32.1 Å². The Morgan fingerprint density at radius 1 is 1.03 bits per heavy atom. The number of hydrogen-bond acceptors (Lipinski definition) is 6. The molecule has 0 radical (unpaired) electrons. The van der Waals surface area contributed by atoms with Gasteiger partial charge in [0.15, 0.2) is 5.78 Å². The summed E-state index contributed by atoms with van der Waals surface area (Å²) >= 11 is 0. The van der Waals surface area contributed by atoms with Crippen molar-refractivity contribution in [3.63, 3.8) is 0 Å². The fraction of sp³-hybridized carbons (Fsp3) is 0.400. The number of benzene rings is 2. The van der Waals surface area contributed by atoms with Crippen LogP contribution in [0.3, 0.4) is 0 Å². The number of Topliss-reactive ketones (excluding diaryl/α,β-unsaturated/α-hetero) is 1. The first kappa shape index (κ1) is 23.5. The molecular weight excluding hydrogens is 408 g/mol. The first-order valence-electron chi connectivity index (χ1n) is 10.9. The summed E-state index contributed by atoms with van der Waals surface area (Å²) in [5.74, 6) is -1.05. The molecule has 7 nitrogen and oxygen atoms in total. The Labute approximate surface area is 188 Å². The van der Waals surface area contributed by atoms with Crippen molar-refractivity contribution in [3.8, 4) is 0 Å². The zero-order valence-corrected chi connectivity index (χ0v) is 18.7. The summed E-state index contributed by atoms with van der Waals surface area (Å²) in [6, 6.07) is 13.7. The molecule has 2 aromatic carbocycles. The number of amides is 1. The van der Waals surface area contributed by atoms with Gasteiger partial charge < -0.3 is 15.2 Å². The second kappa shape index (κ2) is 10.4. The van der Waals surface area contributed by atoms with Gasteiger partial charge in [0.1, 0.15) is 18.7 Å². The van der Waals surface area contributed by atoms with Gasteiger partial charge in [-0.15, -0.1) is 0 Å². The lowest BCUT2D eigenvalue weighted by Gasteiger charge is -2.41. The highest BCUT2D eigenvalue weighted by Crippen LogP contribution is 2.36. The Morgan fingerprint density at radius 3 is 2.34 bits per heavy atom. The maximum atomic E-state index is 13.5. The minimum absolute atomic E-state index is 0.0184. The Hall–Kier alpha value is -3.19. The topological polar surface area (TPSA) is 98.9 Å². The third kappa shape index (κ3) is 4.99. The van der Waals surface area contributed by atoms with E-state index in [2.05, 4.69) is 0 Å². The second-order valence-electron chi connectivity index (χ2n) is 8.19. The SMILES string of the molecule is CCOC(=O)C1Cc2ccccc2C(C(=O)[C@@H](N)C(C)C)N1C(=O)OCc1ccccc1. The molecule has 2 aromatic rings. The van der Waals surface area contributed by atoms with Crippen molar-refractivity contribution in [2.24, 2.45) is 11.7 Å². The van der Waals surface area contributed by atoms with Crippen LogP contribution in [0.4, 0.5) is 4.79 Å². The average Bonchev–Trinajstić information content (AvgIpc) is 2.81. The Kier molecular flexibility index (Phi) is 7.64. The number of carbonyl (C=O) groups excluding carboxylic acids is 3. The first-order valence-corrected chi connectivity index (χ1v) is 10.9. The summed E-state index contributed by atoms with van der Waals surface area (Å²) in [7, 11) is 0. The number of nitrogens with zero attached hydrogens (tertiary/aromatic N) is 1. The van der Waals surface area contributed by atoms with Crippen LogP contribution in [0.25, 0.3) is 0 Å². The van der Waals surface area contributed by atoms with Gasteiger partial charge in [0.2, 0.25) is 0 Å². The first-order chi connectivity index (χ1) is 15.3. The summed E-state index contributed by atoms with van der Waals surface area (Å²) in [4.78, 5) is 40.9. The van der Waals surface area contributed by atoms with E-state index in [9.17, 15) is 14.4 Å². The van der Waals surface area contributed by atoms with Crippen LogP contribution in [0.1, 0.15) is 43.5 Å². The maximum absolute atomic E-state index is 13.5.